The van der Waals surface area contributed by atoms with E-state index in [1.54, 1.807) is 10.6 Å². The summed E-state index contributed by atoms with van der Waals surface area (Å²) in [4.78, 5) is 10.8. The Morgan fingerprint density at radius 2 is 1.73 bits per heavy atom. The number of hydrogen-bond acceptors (Lipinski definition) is 5. The van der Waals surface area contributed by atoms with Crippen LogP contribution in [0.2, 0.25) is 0 Å². The van der Waals surface area contributed by atoms with Crippen LogP contribution in [0.4, 0.5) is 5.82 Å². The van der Waals surface area contributed by atoms with Crippen LogP contribution in [0.1, 0.15) is 12.8 Å². The third kappa shape index (κ3) is 2.34. The van der Waals surface area contributed by atoms with Gasteiger partial charge in [-0.2, -0.15) is 4.31 Å². The van der Waals surface area contributed by atoms with E-state index in [1.807, 2.05) is 24.3 Å². The second-order valence-electron chi connectivity index (χ2n) is 5.84. The van der Waals surface area contributed by atoms with E-state index in [1.165, 1.54) is 0 Å². The number of anilines is 1. The predicted octanol–water partition coefficient (Wildman–Crippen LogP) is 1.24. The monoisotopic (exact) mass is 318 g/mol. The highest BCUT2D eigenvalue weighted by molar-refractivity contribution is 7.90. The number of sulfonamides is 1. The molecule has 4 rings (SSSR count). The molecule has 0 bridgehead atoms. The number of para-hydroxylation sites is 1. The van der Waals surface area contributed by atoms with Crippen molar-refractivity contribution in [3.8, 4) is 0 Å². The molecule has 2 heterocycles. The number of rotatable bonds is 3. The van der Waals surface area contributed by atoms with Gasteiger partial charge < -0.3 is 4.90 Å². The van der Waals surface area contributed by atoms with E-state index in [0.717, 1.165) is 29.6 Å². The second-order valence-corrected chi connectivity index (χ2v) is 8.06. The van der Waals surface area contributed by atoms with Crippen molar-refractivity contribution in [3.63, 3.8) is 0 Å². The van der Waals surface area contributed by atoms with Gasteiger partial charge in [0.1, 0.15) is 12.1 Å². The zero-order valence-electron chi connectivity index (χ0n) is 12.2. The number of benzene rings is 1. The van der Waals surface area contributed by atoms with Crippen molar-refractivity contribution < 1.29 is 8.42 Å². The van der Waals surface area contributed by atoms with Gasteiger partial charge in [-0.3, -0.25) is 0 Å². The van der Waals surface area contributed by atoms with Crippen molar-refractivity contribution in [1.82, 2.24) is 14.3 Å². The summed E-state index contributed by atoms with van der Waals surface area (Å²) in [6.07, 6.45) is 3.21. The van der Waals surface area contributed by atoms with Gasteiger partial charge in [-0.15, -0.1) is 0 Å². The fourth-order valence-corrected chi connectivity index (χ4v) is 4.80. The molecule has 1 aliphatic heterocycles. The molecule has 1 aromatic carbocycles. The number of aromatic nitrogens is 2. The van der Waals surface area contributed by atoms with Crippen LogP contribution in [0.5, 0.6) is 0 Å². The van der Waals surface area contributed by atoms with Gasteiger partial charge in [-0.1, -0.05) is 12.1 Å². The van der Waals surface area contributed by atoms with Crippen molar-refractivity contribution in [2.24, 2.45) is 0 Å². The van der Waals surface area contributed by atoms with Crippen LogP contribution in [0.15, 0.2) is 30.6 Å². The van der Waals surface area contributed by atoms with Crippen LogP contribution in [0, 0.1) is 0 Å². The maximum Gasteiger partial charge on any atom is 0.217 e. The Labute approximate surface area is 129 Å². The van der Waals surface area contributed by atoms with E-state index in [2.05, 4.69) is 14.9 Å². The predicted molar refractivity (Wildman–Crippen MR) is 85.3 cm³/mol. The van der Waals surface area contributed by atoms with Crippen LogP contribution in [0.3, 0.4) is 0 Å². The lowest BCUT2D eigenvalue weighted by Gasteiger charge is -2.35. The Kier molecular flexibility index (Phi) is 3.27. The molecule has 116 valence electrons. The molecule has 0 atom stereocenters. The minimum absolute atomic E-state index is 0.126. The zero-order chi connectivity index (χ0) is 15.2. The number of nitrogens with zero attached hydrogens (tertiary/aromatic N) is 4. The first-order valence-electron chi connectivity index (χ1n) is 7.60. The molecule has 1 saturated heterocycles. The van der Waals surface area contributed by atoms with Gasteiger partial charge in [-0.05, 0) is 25.0 Å². The van der Waals surface area contributed by atoms with Crippen LogP contribution in [-0.2, 0) is 10.0 Å². The molecule has 2 aromatic rings. The highest BCUT2D eigenvalue weighted by Gasteiger charge is 2.41. The lowest BCUT2D eigenvalue weighted by molar-refractivity contribution is 0.383. The van der Waals surface area contributed by atoms with E-state index in [9.17, 15) is 8.42 Å². The van der Waals surface area contributed by atoms with Crippen LogP contribution < -0.4 is 4.90 Å². The molecular formula is C15H18N4O2S. The van der Waals surface area contributed by atoms with E-state index in [4.69, 9.17) is 0 Å². The van der Waals surface area contributed by atoms with Gasteiger partial charge >= 0.3 is 0 Å². The molecular weight excluding hydrogens is 300 g/mol. The largest absolute Gasteiger partial charge is 0.353 e. The molecule has 22 heavy (non-hydrogen) atoms. The van der Waals surface area contributed by atoms with E-state index in [-0.39, 0.29) is 5.25 Å². The van der Waals surface area contributed by atoms with E-state index < -0.39 is 10.0 Å². The third-order valence-electron chi connectivity index (χ3n) is 4.37. The average Bonchev–Trinajstić information content (AvgIpc) is 3.40. The molecule has 1 aromatic heterocycles. The molecule has 1 saturated carbocycles. The smallest absolute Gasteiger partial charge is 0.217 e. The van der Waals surface area contributed by atoms with Gasteiger partial charge in [0.2, 0.25) is 10.0 Å². The lowest BCUT2D eigenvalue weighted by atomic mass is 10.2. The normalized spacial score (nSPS) is 20.5. The van der Waals surface area contributed by atoms with Gasteiger partial charge in [-0.25, -0.2) is 18.4 Å². The molecule has 0 amide bonds. The first-order valence-corrected chi connectivity index (χ1v) is 9.10. The first-order chi connectivity index (χ1) is 10.7. The average molecular weight is 318 g/mol. The summed E-state index contributed by atoms with van der Waals surface area (Å²) in [6, 6.07) is 7.91. The Bertz CT molecular complexity index is 791. The quantitative estimate of drug-likeness (QED) is 0.852. The summed E-state index contributed by atoms with van der Waals surface area (Å²) in [6.45, 7) is 2.42. The van der Waals surface area contributed by atoms with Crippen molar-refractivity contribution >= 4 is 26.7 Å². The minimum atomic E-state index is -3.06. The molecule has 7 heteroatoms. The number of piperazine rings is 1. The molecule has 0 spiro atoms. The van der Waals surface area contributed by atoms with Gasteiger partial charge in [0.25, 0.3) is 0 Å². The fourth-order valence-electron chi connectivity index (χ4n) is 2.97. The maximum absolute atomic E-state index is 12.3. The fraction of sp³-hybridized carbons (Fsp3) is 0.467. The number of hydrogen-bond donors (Lipinski definition) is 0. The van der Waals surface area contributed by atoms with Crippen molar-refractivity contribution in [1.29, 1.82) is 0 Å². The standard InChI is InChI=1S/C15H18N4O2S/c20-22(21,12-5-6-12)19-9-7-18(8-10-19)15-13-3-1-2-4-14(13)16-11-17-15/h1-4,11-12H,5-10H2. The van der Waals surface area contributed by atoms with Crippen molar-refractivity contribution in [3.05, 3.63) is 30.6 Å². The summed E-state index contributed by atoms with van der Waals surface area (Å²) in [5.74, 6) is 0.897. The Balaban J connectivity index is 1.56. The summed E-state index contributed by atoms with van der Waals surface area (Å²) in [5.41, 5.74) is 0.917. The molecule has 6 nitrogen and oxygen atoms in total. The third-order valence-corrected chi connectivity index (χ3v) is 6.76. The molecule has 0 radical (unpaired) electrons. The summed E-state index contributed by atoms with van der Waals surface area (Å²) in [7, 11) is -3.06. The SMILES string of the molecule is O=S(=O)(C1CC1)N1CCN(c2ncnc3ccccc23)CC1. The van der Waals surface area contributed by atoms with Gasteiger partial charge in [0, 0.05) is 31.6 Å². The van der Waals surface area contributed by atoms with Gasteiger partial charge in [0.05, 0.1) is 10.8 Å². The Morgan fingerprint density at radius 3 is 2.45 bits per heavy atom. The lowest BCUT2D eigenvalue weighted by Crippen LogP contribution is -2.49. The van der Waals surface area contributed by atoms with Crippen molar-refractivity contribution in [2.75, 3.05) is 31.1 Å². The van der Waals surface area contributed by atoms with Crippen molar-refractivity contribution in [2.45, 2.75) is 18.1 Å². The van der Waals surface area contributed by atoms with E-state index in [0.29, 0.717) is 26.2 Å². The first kappa shape index (κ1) is 13.9. The summed E-state index contributed by atoms with van der Waals surface area (Å²) in [5, 5.41) is 0.891. The zero-order valence-corrected chi connectivity index (χ0v) is 13.0. The van der Waals surface area contributed by atoms with Crippen LogP contribution >= 0.6 is 0 Å². The van der Waals surface area contributed by atoms with Crippen LogP contribution in [0.25, 0.3) is 10.9 Å². The summed E-state index contributed by atoms with van der Waals surface area (Å²) < 4.78 is 26.2. The molecule has 2 fully saturated rings. The maximum atomic E-state index is 12.3. The topological polar surface area (TPSA) is 66.4 Å². The van der Waals surface area contributed by atoms with Gasteiger partial charge in [0.15, 0.2) is 0 Å². The van der Waals surface area contributed by atoms with E-state index >= 15 is 0 Å². The number of fused-ring (bicyclic) bond motifs is 1. The van der Waals surface area contributed by atoms with Crippen LogP contribution in [-0.4, -0.2) is 54.1 Å². The highest BCUT2D eigenvalue weighted by atomic mass is 32.2. The molecule has 2 aliphatic rings. The second kappa shape index (κ2) is 5.17. The molecule has 1 aliphatic carbocycles. The Hall–Kier alpha value is -1.73. The molecule has 0 N–H and O–H groups in total. The summed E-state index contributed by atoms with van der Waals surface area (Å²) >= 11 is 0. The molecule has 0 unspecified atom stereocenters. The minimum Gasteiger partial charge on any atom is -0.353 e. The Morgan fingerprint density at radius 1 is 1.00 bits per heavy atom. The highest BCUT2D eigenvalue weighted by Crippen LogP contribution is 2.32.